The van der Waals surface area contributed by atoms with Crippen LogP contribution in [-0.2, 0) is 0 Å². The van der Waals surface area contributed by atoms with Crippen LogP contribution in [0.25, 0.3) is 0 Å². The summed E-state index contributed by atoms with van der Waals surface area (Å²) < 4.78 is 1.25. The van der Waals surface area contributed by atoms with Crippen LogP contribution in [0.3, 0.4) is 0 Å². The molecule has 1 aliphatic carbocycles. The Balaban J connectivity index is 2.51. The van der Waals surface area contributed by atoms with Gasteiger partial charge in [-0.1, -0.05) is 15.9 Å². The maximum atomic E-state index is 3.27. The number of rotatable bonds is 0. The van der Waals surface area contributed by atoms with Crippen LogP contribution in [-0.4, -0.2) is 0 Å². The summed E-state index contributed by atoms with van der Waals surface area (Å²) in [6.45, 7) is 0. The first kappa shape index (κ1) is 3.41. The van der Waals surface area contributed by atoms with E-state index >= 15 is 0 Å². The lowest BCUT2D eigenvalue weighted by atomic mass is 10.1. The molecule has 0 aromatic rings. The summed E-state index contributed by atoms with van der Waals surface area (Å²) >= 11 is 3.27. The van der Waals surface area contributed by atoms with Crippen LogP contribution >= 0.6 is 15.9 Å². The summed E-state index contributed by atoms with van der Waals surface area (Å²) in [6, 6.07) is 0. The predicted octanol–water partition coefficient (Wildman–Crippen LogP) is 1.86. The zero-order valence-electron chi connectivity index (χ0n) is 2.79. The summed E-state index contributed by atoms with van der Waals surface area (Å²) in [5.74, 6) is 0. The van der Waals surface area contributed by atoms with E-state index in [0.717, 1.165) is 6.42 Å². The Hall–Kier alpha value is 0.220. The van der Waals surface area contributed by atoms with Crippen LogP contribution < -0.4 is 0 Å². The van der Waals surface area contributed by atoms with E-state index in [2.05, 4.69) is 22.0 Å². The van der Waals surface area contributed by atoms with Crippen molar-refractivity contribution in [1.82, 2.24) is 0 Å². The van der Waals surface area contributed by atoms with Crippen molar-refractivity contribution in [3.8, 4) is 0 Å². The molecule has 0 aliphatic heterocycles. The maximum Gasteiger partial charge on any atom is -0.00109 e. The zero-order chi connectivity index (χ0) is 3.70. The molecule has 5 heavy (non-hydrogen) atoms. The largest absolute Gasteiger partial charge is 0.0553 e. The molecule has 0 fully saturated rings. The van der Waals surface area contributed by atoms with E-state index in [9.17, 15) is 0 Å². The normalized spacial score (nSPS) is 20.6. The van der Waals surface area contributed by atoms with Gasteiger partial charge in [-0.3, -0.25) is 0 Å². The standard InChI is InChI=1S/C4H4Br/c5-4-2-1-3-4/h1-2H2. The lowest BCUT2D eigenvalue weighted by molar-refractivity contribution is 0.914. The minimum absolute atomic E-state index is 1.15. The summed E-state index contributed by atoms with van der Waals surface area (Å²) in [6.07, 6.45) is 5.40. The molecule has 0 saturated carbocycles. The molecule has 0 N–H and O–H groups in total. The van der Waals surface area contributed by atoms with Crippen molar-refractivity contribution >= 4 is 15.9 Å². The number of halogens is 1. The summed E-state index contributed by atoms with van der Waals surface area (Å²) in [5, 5.41) is 0. The van der Waals surface area contributed by atoms with Crippen LogP contribution in [0.5, 0.6) is 0 Å². The van der Waals surface area contributed by atoms with E-state index in [1.165, 1.54) is 10.9 Å². The lowest BCUT2D eigenvalue weighted by Crippen LogP contribution is -1.82. The van der Waals surface area contributed by atoms with Gasteiger partial charge in [0.15, 0.2) is 0 Å². The van der Waals surface area contributed by atoms with Crippen LogP contribution in [0.4, 0.5) is 0 Å². The molecule has 1 aliphatic rings. The fourth-order valence-corrected chi connectivity index (χ4v) is 0.616. The Morgan fingerprint density at radius 1 is 1.80 bits per heavy atom. The minimum atomic E-state index is 1.15. The molecule has 27 valence electrons. The van der Waals surface area contributed by atoms with Gasteiger partial charge in [0.05, 0.1) is 0 Å². The highest BCUT2D eigenvalue weighted by molar-refractivity contribution is 9.11. The van der Waals surface area contributed by atoms with E-state index in [4.69, 9.17) is 0 Å². The Morgan fingerprint density at radius 2 is 2.20 bits per heavy atom. The molecule has 0 heterocycles. The van der Waals surface area contributed by atoms with Gasteiger partial charge in [-0.15, -0.1) is 0 Å². The molecule has 0 nitrogen and oxygen atoms in total. The van der Waals surface area contributed by atoms with Crippen molar-refractivity contribution in [2.75, 3.05) is 0 Å². The smallest absolute Gasteiger partial charge is 0.00109 e. The van der Waals surface area contributed by atoms with E-state index in [0.29, 0.717) is 0 Å². The van der Waals surface area contributed by atoms with Gasteiger partial charge >= 0.3 is 0 Å². The molecule has 0 bridgehead atoms. The molecule has 1 radical (unpaired) electrons. The first-order valence-electron chi connectivity index (χ1n) is 1.65. The van der Waals surface area contributed by atoms with Gasteiger partial charge in [-0.2, -0.15) is 0 Å². The first-order chi connectivity index (χ1) is 2.39. The zero-order valence-corrected chi connectivity index (χ0v) is 4.38. The van der Waals surface area contributed by atoms with E-state index in [-0.39, 0.29) is 0 Å². The molecule has 0 atom stereocenters. The molecule has 0 unspecified atom stereocenters. The van der Waals surface area contributed by atoms with Gasteiger partial charge in [-0.05, 0) is 23.4 Å². The summed E-state index contributed by atoms with van der Waals surface area (Å²) in [7, 11) is 0. The molecule has 1 rings (SSSR count). The Morgan fingerprint density at radius 3 is 2.20 bits per heavy atom. The van der Waals surface area contributed by atoms with Crippen molar-refractivity contribution in [3.05, 3.63) is 10.6 Å². The quantitative estimate of drug-likeness (QED) is 0.471. The second-order valence-electron chi connectivity index (χ2n) is 1.08. The monoisotopic (exact) mass is 131 g/mol. The number of hydrogen-bond acceptors (Lipinski definition) is 0. The fourth-order valence-electron chi connectivity index (χ4n) is 0.219. The Bertz CT molecular complexity index is 64.0. The Labute approximate surface area is 40.0 Å². The Kier molecular flexibility index (Phi) is 0.772. The SMILES string of the molecule is BrC1=[C]CC1. The van der Waals surface area contributed by atoms with Crippen LogP contribution in [0.1, 0.15) is 12.8 Å². The van der Waals surface area contributed by atoms with E-state index in [1.807, 2.05) is 0 Å². The van der Waals surface area contributed by atoms with Crippen LogP contribution in [0, 0.1) is 6.08 Å². The van der Waals surface area contributed by atoms with Crippen molar-refractivity contribution < 1.29 is 0 Å². The summed E-state index contributed by atoms with van der Waals surface area (Å²) in [5.41, 5.74) is 0. The lowest BCUT2D eigenvalue weighted by Gasteiger charge is -2.01. The third-order valence-electron chi connectivity index (χ3n) is 0.661. The fraction of sp³-hybridized carbons (Fsp3) is 0.500. The molecule has 0 spiro atoms. The van der Waals surface area contributed by atoms with Crippen LogP contribution in [0.15, 0.2) is 4.48 Å². The van der Waals surface area contributed by atoms with Gasteiger partial charge in [0, 0.05) is 0 Å². The van der Waals surface area contributed by atoms with Gasteiger partial charge in [0.25, 0.3) is 0 Å². The second-order valence-corrected chi connectivity index (χ2v) is 2.04. The van der Waals surface area contributed by atoms with Crippen molar-refractivity contribution in [3.63, 3.8) is 0 Å². The van der Waals surface area contributed by atoms with Gasteiger partial charge < -0.3 is 0 Å². The third-order valence-corrected chi connectivity index (χ3v) is 1.34. The van der Waals surface area contributed by atoms with Gasteiger partial charge in [-0.25, -0.2) is 0 Å². The van der Waals surface area contributed by atoms with Crippen LogP contribution in [0.2, 0.25) is 0 Å². The van der Waals surface area contributed by atoms with Crippen molar-refractivity contribution in [1.29, 1.82) is 0 Å². The molecule has 0 saturated heterocycles. The molecule has 1 heteroatoms. The van der Waals surface area contributed by atoms with Gasteiger partial charge in [0.2, 0.25) is 0 Å². The first-order valence-corrected chi connectivity index (χ1v) is 2.44. The highest BCUT2D eigenvalue weighted by atomic mass is 79.9. The molecular formula is C4H4Br. The average Bonchev–Trinajstić information content (AvgIpc) is 1.30. The third kappa shape index (κ3) is 0.538. The summed E-state index contributed by atoms with van der Waals surface area (Å²) in [4.78, 5) is 0. The molecular weight excluding hydrogens is 128 g/mol. The second kappa shape index (κ2) is 1.13. The predicted molar refractivity (Wildman–Crippen MR) is 24.9 cm³/mol. The highest BCUT2D eigenvalue weighted by Crippen LogP contribution is 2.21. The molecule has 0 aromatic carbocycles. The topological polar surface area (TPSA) is 0 Å². The highest BCUT2D eigenvalue weighted by Gasteiger charge is 1.98. The number of allylic oxidation sites excluding steroid dienone is 2. The van der Waals surface area contributed by atoms with E-state index < -0.39 is 0 Å². The molecule has 0 aromatic heterocycles. The van der Waals surface area contributed by atoms with Crippen molar-refractivity contribution in [2.45, 2.75) is 12.8 Å². The minimum Gasteiger partial charge on any atom is -0.0553 e. The maximum absolute atomic E-state index is 3.27. The van der Waals surface area contributed by atoms with E-state index in [1.54, 1.807) is 0 Å². The molecule has 0 amide bonds. The van der Waals surface area contributed by atoms with Gasteiger partial charge in [0.1, 0.15) is 0 Å². The number of hydrogen-bond donors (Lipinski definition) is 0. The van der Waals surface area contributed by atoms with Crippen molar-refractivity contribution in [2.24, 2.45) is 0 Å². The average molecular weight is 132 g/mol.